The van der Waals surface area contributed by atoms with Crippen molar-refractivity contribution < 1.29 is 9.47 Å². The van der Waals surface area contributed by atoms with Crippen LogP contribution in [-0.4, -0.2) is 57.7 Å². The maximum atomic E-state index is 5.48. The molecule has 0 unspecified atom stereocenters. The highest BCUT2D eigenvalue weighted by atomic mass is 35.5. The Bertz CT molecular complexity index is 954. The second-order valence-electron chi connectivity index (χ2n) is 6.72. The molecule has 5 rings (SSSR count). The Labute approximate surface area is 163 Å². The van der Waals surface area contributed by atoms with E-state index in [-0.39, 0.29) is 12.4 Å². The molecule has 1 saturated heterocycles. The van der Waals surface area contributed by atoms with Gasteiger partial charge in [0.2, 0.25) is 12.4 Å². The van der Waals surface area contributed by atoms with Crippen molar-refractivity contribution in [3.05, 3.63) is 41.9 Å². The number of halogens is 1. The number of ether oxygens (including phenoxy) is 2. The molecule has 27 heavy (non-hydrogen) atoms. The second kappa shape index (κ2) is 7.21. The monoisotopic (exact) mass is 388 g/mol. The molecule has 9 heteroatoms. The van der Waals surface area contributed by atoms with Gasteiger partial charge in [0.25, 0.3) is 0 Å². The first kappa shape index (κ1) is 17.8. The number of benzene rings is 1. The minimum Gasteiger partial charge on any atom is -0.454 e. The van der Waals surface area contributed by atoms with Gasteiger partial charge in [0.1, 0.15) is 6.33 Å². The van der Waals surface area contributed by atoms with Crippen molar-refractivity contribution in [2.75, 3.05) is 37.9 Å². The summed E-state index contributed by atoms with van der Waals surface area (Å²) >= 11 is 0. The summed E-state index contributed by atoms with van der Waals surface area (Å²) in [4.78, 5) is 4.83. The van der Waals surface area contributed by atoms with Crippen LogP contribution >= 0.6 is 12.4 Å². The molecule has 0 N–H and O–H groups in total. The zero-order valence-electron chi connectivity index (χ0n) is 15.0. The summed E-state index contributed by atoms with van der Waals surface area (Å²) in [6.45, 7) is 7.14. The van der Waals surface area contributed by atoms with Crippen molar-refractivity contribution in [1.29, 1.82) is 0 Å². The van der Waals surface area contributed by atoms with Crippen molar-refractivity contribution >= 4 is 23.7 Å². The fourth-order valence-corrected chi connectivity index (χ4v) is 3.61. The van der Waals surface area contributed by atoms with Gasteiger partial charge in [0.15, 0.2) is 11.5 Å². The number of fused-ring (bicyclic) bond motifs is 2. The third kappa shape index (κ3) is 3.38. The number of aromatic nitrogens is 4. The highest BCUT2D eigenvalue weighted by molar-refractivity contribution is 5.85. The Morgan fingerprint density at radius 2 is 1.85 bits per heavy atom. The van der Waals surface area contributed by atoms with E-state index in [1.807, 2.05) is 13.0 Å². The molecule has 0 amide bonds. The molecular weight excluding hydrogens is 368 g/mol. The molecule has 2 aromatic heterocycles. The van der Waals surface area contributed by atoms with E-state index in [4.69, 9.17) is 9.47 Å². The van der Waals surface area contributed by atoms with Gasteiger partial charge < -0.3 is 14.4 Å². The Morgan fingerprint density at radius 1 is 1.04 bits per heavy atom. The largest absolute Gasteiger partial charge is 0.454 e. The molecule has 0 bridgehead atoms. The van der Waals surface area contributed by atoms with E-state index in [1.165, 1.54) is 5.56 Å². The number of piperazine rings is 1. The Morgan fingerprint density at radius 3 is 2.70 bits per heavy atom. The van der Waals surface area contributed by atoms with E-state index in [0.29, 0.717) is 6.79 Å². The fourth-order valence-electron chi connectivity index (χ4n) is 3.61. The minimum atomic E-state index is 0. The molecule has 2 aliphatic heterocycles. The maximum Gasteiger partial charge on any atom is 0.231 e. The summed E-state index contributed by atoms with van der Waals surface area (Å²) in [5, 5.41) is 12.6. The SMILES string of the molecule is Cc1cc(N2CCN(Cc3ccc4c(c3)OCO4)CC2)c2nncn2n1.Cl. The standard InChI is InChI=1S/C18H20N6O2.ClH/c1-13-8-15(18-20-19-11-24(18)21-13)23-6-4-22(5-7-23)10-14-2-3-16-17(9-14)26-12-25-16;/h2-3,8-9,11H,4-7,10,12H2,1H3;1H. The lowest BCUT2D eigenvalue weighted by Gasteiger charge is -2.36. The van der Waals surface area contributed by atoms with Crippen LogP contribution in [0.4, 0.5) is 5.69 Å². The van der Waals surface area contributed by atoms with Gasteiger partial charge >= 0.3 is 0 Å². The minimum absolute atomic E-state index is 0. The molecule has 1 fully saturated rings. The maximum absolute atomic E-state index is 5.48. The lowest BCUT2D eigenvalue weighted by atomic mass is 10.1. The van der Waals surface area contributed by atoms with Gasteiger partial charge in [-0.1, -0.05) is 6.07 Å². The van der Waals surface area contributed by atoms with Gasteiger partial charge in [-0.3, -0.25) is 4.90 Å². The molecule has 0 aliphatic carbocycles. The Hall–Kier alpha value is -2.58. The van der Waals surface area contributed by atoms with Crippen molar-refractivity contribution in [2.24, 2.45) is 0 Å². The molecular formula is C18H21ClN6O2. The zero-order valence-corrected chi connectivity index (χ0v) is 15.9. The topological polar surface area (TPSA) is 68.0 Å². The molecule has 142 valence electrons. The Balaban J connectivity index is 0.00000180. The van der Waals surface area contributed by atoms with E-state index in [0.717, 1.165) is 61.3 Å². The number of rotatable bonds is 3. The molecule has 0 radical (unpaired) electrons. The number of nitrogens with zero attached hydrogens (tertiary/aromatic N) is 6. The van der Waals surface area contributed by atoms with Crippen LogP contribution in [0, 0.1) is 6.92 Å². The predicted octanol–water partition coefficient (Wildman–Crippen LogP) is 1.91. The van der Waals surface area contributed by atoms with Crippen LogP contribution in [0.25, 0.3) is 5.65 Å². The van der Waals surface area contributed by atoms with E-state index >= 15 is 0 Å². The molecule has 0 saturated carbocycles. The summed E-state index contributed by atoms with van der Waals surface area (Å²) < 4.78 is 12.6. The third-order valence-corrected chi connectivity index (χ3v) is 4.93. The average Bonchev–Trinajstić information content (AvgIpc) is 3.30. The summed E-state index contributed by atoms with van der Waals surface area (Å²) in [6, 6.07) is 8.29. The lowest BCUT2D eigenvalue weighted by molar-refractivity contribution is 0.174. The Kier molecular flexibility index (Phi) is 4.75. The first-order valence-corrected chi connectivity index (χ1v) is 8.80. The van der Waals surface area contributed by atoms with Crippen LogP contribution in [0.1, 0.15) is 11.3 Å². The quantitative estimate of drug-likeness (QED) is 0.678. The highest BCUT2D eigenvalue weighted by Crippen LogP contribution is 2.33. The predicted molar refractivity (Wildman–Crippen MR) is 103 cm³/mol. The van der Waals surface area contributed by atoms with Gasteiger partial charge in [0.05, 0.1) is 11.4 Å². The smallest absolute Gasteiger partial charge is 0.231 e. The van der Waals surface area contributed by atoms with Crippen LogP contribution in [0.5, 0.6) is 11.5 Å². The van der Waals surface area contributed by atoms with Gasteiger partial charge in [-0.25, -0.2) is 0 Å². The normalized spacial score (nSPS) is 16.6. The van der Waals surface area contributed by atoms with Crippen LogP contribution in [0.15, 0.2) is 30.6 Å². The van der Waals surface area contributed by atoms with E-state index in [1.54, 1.807) is 10.8 Å². The summed E-state index contributed by atoms with van der Waals surface area (Å²) in [6.07, 6.45) is 1.65. The first-order valence-electron chi connectivity index (χ1n) is 8.80. The van der Waals surface area contributed by atoms with Crippen molar-refractivity contribution in [3.8, 4) is 11.5 Å². The third-order valence-electron chi connectivity index (χ3n) is 4.93. The second-order valence-corrected chi connectivity index (χ2v) is 6.72. The summed E-state index contributed by atoms with van der Waals surface area (Å²) in [5.74, 6) is 1.69. The van der Waals surface area contributed by atoms with Gasteiger partial charge in [-0.2, -0.15) is 9.61 Å². The zero-order chi connectivity index (χ0) is 17.5. The molecule has 2 aliphatic rings. The van der Waals surface area contributed by atoms with Gasteiger partial charge in [0, 0.05) is 32.7 Å². The van der Waals surface area contributed by atoms with Crippen molar-refractivity contribution in [3.63, 3.8) is 0 Å². The van der Waals surface area contributed by atoms with Gasteiger partial charge in [-0.05, 0) is 30.7 Å². The molecule has 3 aromatic rings. The molecule has 4 heterocycles. The average molecular weight is 389 g/mol. The number of hydrogen-bond donors (Lipinski definition) is 0. The molecule has 0 atom stereocenters. The van der Waals surface area contributed by atoms with E-state index in [2.05, 4.69) is 43.3 Å². The first-order chi connectivity index (χ1) is 12.8. The van der Waals surface area contributed by atoms with E-state index in [9.17, 15) is 0 Å². The van der Waals surface area contributed by atoms with Gasteiger partial charge in [-0.15, -0.1) is 22.6 Å². The molecule has 1 aromatic carbocycles. The lowest BCUT2D eigenvalue weighted by Crippen LogP contribution is -2.46. The van der Waals surface area contributed by atoms with E-state index < -0.39 is 0 Å². The van der Waals surface area contributed by atoms with Crippen molar-refractivity contribution in [2.45, 2.75) is 13.5 Å². The van der Waals surface area contributed by atoms with Crippen LogP contribution in [0.2, 0.25) is 0 Å². The fraction of sp³-hybridized carbons (Fsp3) is 0.389. The van der Waals surface area contributed by atoms with Crippen LogP contribution in [0.3, 0.4) is 0 Å². The number of hydrogen-bond acceptors (Lipinski definition) is 7. The van der Waals surface area contributed by atoms with Crippen LogP contribution in [-0.2, 0) is 6.54 Å². The summed E-state index contributed by atoms with van der Waals surface area (Å²) in [5.41, 5.74) is 4.15. The highest BCUT2D eigenvalue weighted by Gasteiger charge is 2.21. The number of aryl methyl sites for hydroxylation is 1. The molecule has 0 spiro atoms. The van der Waals surface area contributed by atoms with Crippen molar-refractivity contribution in [1.82, 2.24) is 24.7 Å². The van der Waals surface area contributed by atoms with Crippen LogP contribution < -0.4 is 14.4 Å². The molecule has 8 nitrogen and oxygen atoms in total. The number of anilines is 1. The summed E-state index contributed by atoms with van der Waals surface area (Å²) in [7, 11) is 0.